The number of Topliss-reactive ketones (excluding diaryl/α,β-unsaturated/α-hetero) is 1. The summed E-state index contributed by atoms with van der Waals surface area (Å²) >= 11 is 0. The van der Waals surface area contributed by atoms with Crippen LogP contribution in [0.15, 0.2) is 65.5 Å². The summed E-state index contributed by atoms with van der Waals surface area (Å²) in [6.07, 6.45) is 7.68. The molecule has 3 aromatic rings. The van der Waals surface area contributed by atoms with Crippen LogP contribution in [0.3, 0.4) is 0 Å². The molecule has 7 nitrogen and oxygen atoms in total. The van der Waals surface area contributed by atoms with Gasteiger partial charge in [0.1, 0.15) is 0 Å². The molecule has 7 heteroatoms. The van der Waals surface area contributed by atoms with Crippen LogP contribution in [0.25, 0.3) is 11.3 Å². The number of carbonyl (C=O) groups excluding carboxylic acids is 2. The van der Waals surface area contributed by atoms with E-state index in [1.165, 1.54) is 42.9 Å². The van der Waals surface area contributed by atoms with Crippen molar-refractivity contribution in [2.75, 3.05) is 11.9 Å². The minimum atomic E-state index is -0.527. The van der Waals surface area contributed by atoms with Crippen molar-refractivity contribution < 1.29 is 14.3 Å². The third-order valence-corrected chi connectivity index (χ3v) is 7.33. The highest BCUT2D eigenvalue weighted by Gasteiger charge is 2.16. The van der Waals surface area contributed by atoms with Gasteiger partial charge in [0.2, 0.25) is 0 Å². The molecule has 0 saturated carbocycles. The quantitative estimate of drug-likeness (QED) is 0.156. The van der Waals surface area contributed by atoms with Crippen molar-refractivity contribution in [1.82, 2.24) is 9.78 Å². The van der Waals surface area contributed by atoms with E-state index in [4.69, 9.17) is 4.74 Å². The second-order valence-corrected chi connectivity index (χ2v) is 10.5. The van der Waals surface area contributed by atoms with Gasteiger partial charge in [-0.05, 0) is 43.0 Å². The highest BCUT2D eigenvalue weighted by molar-refractivity contribution is 5.98. The number of amides is 1. The van der Waals surface area contributed by atoms with Crippen LogP contribution in [0, 0.1) is 11.8 Å². The molecule has 0 spiro atoms. The van der Waals surface area contributed by atoms with E-state index < -0.39 is 6.09 Å². The van der Waals surface area contributed by atoms with Gasteiger partial charge in [-0.25, -0.2) is 9.48 Å². The lowest BCUT2D eigenvalue weighted by atomic mass is 9.90. The van der Waals surface area contributed by atoms with Gasteiger partial charge in [-0.15, -0.1) is 0 Å². The Labute approximate surface area is 238 Å². The Bertz CT molecular complexity index is 1300. The normalized spacial score (nSPS) is 12.5. The highest BCUT2D eigenvalue weighted by Crippen LogP contribution is 2.23. The summed E-state index contributed by atoms with van der Waals surface area (Å²) in [7, 11) is 0. The van der Waals surface area contributed by atoms with Crippen molar-refractivity contribution in [1.29, 1.82) is 0 Å². The summed E-state index contributed by atoms with van der Waals surface area (Å²) in [6, 6.07) is 17.9. The van der Waals surface area contributed by atoms with Gasteiger partial charge in [0.25, 0.3) is 5.56 Å². The molecule has 0 bridgehead atoms. The number of carbonyl (C=O) groups is 2. The van der Waals surface area contributed by atoms with Crippen molar-refractivity contribution in [2.24, 2.45) is 11.8 Å². The van der Waals surface area contributed by atoms with Gasteiger partial charge in [-0.1, -0.05) is 95.7 Å². The van der Waals surface area contributed by atoms with Gasteiger partial charge in [0, 0.05) is 28.8 Å². The second kappa shape index (κ2) is 15.8. The van der Waals surface area contributed by atoms with Crippen molar-refractivity contribution in [2.45, 2.75) is 79.2 Å². The molecule has 2 atom stereocenters. The van der Waals surface area contributed by atoms with Gasteiger partial charge >= 0.3 is 6.09 Å². The number of rotatable bonds is 15. The van der Waals surface area contributed by atoms with Crippen LogP contribution in [-0.2, 0) is 11.3 Å². The van der Waals surface area contributed by atoms with E-state index in [9.17, 15) is 14.4 Å². The molecule has 0 aliphatic rings. The molecule has 0 aliphatic heterocycles. The molecule has 0 aliphatic carbocycles. The van der Waals surface area contributed by atoms with Gasteiger partial charge in [0.05, 0.1) is 18.8 Å². The monoisotopic (exact) mass is 545 g/mol. The average Bonchev–Trinajstić information content (AvgIpc) is 2.95. The fraction of sp³-hybridized carbons (Fsp3) is 0.455. The van der Waals surface area contributed by atoms with E-state index in [2.05, 4.69) is 24.3 Å². The van der Waals surface area contributed by atoms with Crippen molar-refractivity contribution in [3.63, 3.8) is 0 Å². The molecular weight excluding hydrogens is 502 g/mol. The largest absolute Gasteiger partial charge is 0.450 e. The third-order valence-electron chi connectivity index (χ3n) is 7.33. The summed E-state index contributed by atoms with van der Waals surface area (Å²) in [6.45, 7) is 8.81. The summed E-state index contributed by atoms with van der Waals surface area (Å²) in [4.78, 5) is 37.3. The fourth-order valence-corrected chi connectivity index (χ4v) is 4.99. The number of anilines is 1. The van der Waals surface area contributed by atoms with Gasteiger partial charge < -0.3 is 4.74 Å². The minimum Gasteiger partial charge on any atom is -0.450 e. The lowest BCUT2D eigenvalue weighted by molar-refractivity contribution is 0.0922. The first-order chi connectivity index (χ1) is 19.3. The van der Waals surface area contributed by atoms with Crippen LogP contribution in [0.4, 0.5) is 10.5 Å². The Morgan fingerprint density at radius 1 is 0.950 bits per heavy atom. The number of nitrogens with one attached hydrogen (secondary N) is 1. The fourth-order valence-electron chi connectivity index (χ4n) is 4.99. The number of unbranched alkanes of at least 4 members (excludes halogenated alkanes) is 1. The zero-order chi connectivity index (χ0) is 28.9. The number of aromatic nitrogens is 2. The molecule has 2 unspecified atom stereocenters. The first-order valence-electron chi connectivity index (χ1n) is 14.6. The van der Waals surface area contributed by atoms with E-state index in [1.54, 1.807) is 31.2 Å². The first-order valence-corrected chi connectivity index (χ1v) is 14.6. The molecule has 1 amide bonds. The zero-order valence-electron chi connectivity index (χ0n) is 24.3. The van der Waals surface area contributed by atoms with E-state index >= 15 is 0 Å². The number of ketones is 1. The van der Waals surface area contributed by atoms with E-state index in [0.717, 1.165) is 29.9 Å². The van der Waals surface area contributed by atoms with Crippen LogP contribution in [0.2, 0.25) is 0 Å². The number of hydrogen-bond donors (Lipinski definition) is 1. The Hall–Kier alpha value is -3.74. The van der Waals surface area contributed by atoms with Crippen LogP contribution in [0.5, 0.6) is 0 Å². The molecule has 0 saturated heterocycles. The Morgan fingerprint density at radius 3 is 2.40 bits per heavy atom. The highest BCUT2D eigenvalue weighted by atomic mass is 16.5. The van der Waals surface area contributed by atoms with Crippen LogP contribution >= 0.6 is 0 Å². The molecule has 40 heavy (non-hydrogen) atoms. The molecular formula is C33H43N3O4. The Balaban J connectivity index is 1.62. The molecule has 1 heterocycles. The summed E-state index contributed by atoms with van der Waals surface area (Å²) in [5, 5.41) is 7.23. The maximum absolute atomic E-state index is 13.0. The molecule has 0 fully saturated rings. The van der Waals surface area contributed by atoms with Gasteiger partial charge in [0.15, 0.2) is 5.78 Å². The van der Waals surface area contributed by atoms with Gasteiger partial charge in [-0.2, -0.15) is 5.10 Å². The first kappa shape index (κ1) is 30.8. The minimum absolute atomic E-state index is 0.00814. The molecule has 0 radical (unpaired) electrons. The van der Waals surface area contributed by atoms with E-state index in [-0.39, 0.29) is 30.4 Å². The van der Waals surface area contributed by atoms with Crippen molar-refractivity contribution >= 4 is 17.6 Å². The van der Waals surface area contributed by atoms with E-state index in [0.29, 0.717) is 16.9 Å². The lowest BCUT2D eigenvalue weighted by Gasteiger charge is -2.15. The summed E-state index contributed by atoms with van der Waals surface area (Å²) in [5.74, 6) is 0.970. The Morgan fingerprint density at radius 2 is 1.70 bits per heavy atom. The number of ether oxygens (including phenoxy) is 1. The smallest absolute Gasteiger partial charge is 0.411 e. The summed E-state index contributed by atoms with van der Waals surface area (Å²) < 4.78 is 6.32. The van der Waals surface area contributed by atoms with Gasteiger partial charge in [-0.3, -0.25) is 14.9 Å². The molecule has 214 valence electrons. The topological polar surface area (TPSA) is 90.3 Å². The average molecular weight is 546 g/mol. The summed E-state index contributed by atoms with van der Waals surface area (Å²) in [5.41, 5.74) is 3.34. The predicted octanol–water partition coefficient (Wildman–Crippen LogP) is 7.73. The standard InChI is InChI=1S/C33H43N3O4/c1-5-11-25(6-2)13-9-8-12-24(4)32(38)28-18-16-27(17-19-28)30-20-21-31(37)36(35-30)23-26-14-10-15-29(22-26)34-33(39)40-7-3/h10,14-22,24-25H,5-9,11-13,23H2,1-4H3,(H,34,39). The number of hydrogen-bond acceptors (Lipinski definition) is 5. The lowest BCUT2D eigenvalue weighted by Crippen LogP contribution is -2.23. The zero-order valence-corrected chi connectivity index (χ0v) is 24.3. The molecule has 1 N–H and O–H groups in total. The molecule has 3 rings (SSSR count). The third kappa shape index (κ3) is 9.18. The number of nitrogens with zero attached hydrogens (tertiary/aromatic N) is 2. The number of benzene rings is 2. The predicted molar refractivity (Wildman–Crippen MR) is 161 cm³/mol. The second-order valence-electron chi connectivity index (χ2n) is 10.5. The van der Waals surface area contributed by atoms with Crippen LogP contribution in [-0.4, -0.2) is 28.3 Å². The van der Waals surface area contributed by atoms with E-state index in [1.807, 2.05) is 37.3 Å². The maximum atomic E-state index is 13.0. The van der Waals surface area contributed by atoms with Crippen molar-refractivity contribution in [3.05, 3.63) is 82.1 Å². The van der Waals surface area contributed by atoms with Crippen LogP contribution < -0.4 is 10.9 Å². The van der Waals surface area contributed by atoms with Crippen LogP contribution in [0.1, 0.15) is 88.6 Å². The molecule has 2 aromatic carbocycles. The Kier molecular flexibility index (Phi) is 12.1. The molecule has 1 aromatic heterocycles. The maximum Gasteiger partial charge on any atom is 0.411 e. The SMILES string of the molecule is CCCC(CC)CCCCC(C)C(=O)c1ccc(-c2ccc(=O)n(Cc3cccc(NC(=O)OCC)c3)n2)cc1. The van der Waals surface area contributed by atoms with Crippen molar-refractivity contribution in [3.8, 4) is 11.3 Å².